The number of rotatable bonds is 5. The number of hydrogen-bond acceptors (Lipinski definition) is 3. The first kappa shape index (κ1) is 15.3. The molecule has 1 N–H and O–H groups in total. The van der Waals surface area contributed by atoms with Gasteiger partial charge >= 0.3 is 12.0 Å². The topological polar surface area (TPSA) is 70.1 Å². The fourth-order valence-electron chi connectivity index (χ4n) is 2.45. The molecule has 2 amide bonds. The second-order valence-electron chi connectivity index (χ2n) is 5.20. The van der Waals surface area contributed by atoms with E-state index in [1.165, 1.54) is 0 Å². The Hall–Kier alpha value is -2.08. The number of urea groups is 1. The molecule has 0 bridgehead atoms. The highest BCUT2D eigenvalue weighted by atomic mass is 16.5. The molecule has 0 aromatic heterocycles. The summed E-state index contributed by atoms with van der Waals surface area (Å²) in [4.78, 5) is 26.7. The molecule has 2 rings (SSSR count). The Balaban J connectivity index is 1.98. The Bertz CT molecular complexity index is 544. The molecule has 1 heterocycles. The van der Waals surface area contributed by atoms with Gasteiger partial charge in [-0.2, -0.15) is 0 Å². The molecule has 114 valence electrons. The normalized spacial score (nSPS) is 13.1. The SMILES string of the molecule is COCCCN(C)C(=O)N1Cc2ccc(C(=O)O)cc2C1. The molecular formula is C15H20N2O4. The van der Waals surface area contributed by atoms with Crippen molar-refractivity contribution >= 4 is 12.0 Å². The van der Waals surface area contributed by atoms with E-state index in [0.29, 0.717) is 26.2 Å². The van der Waals surface area contributed by atoms with E-state index in [1.807, 2.05) is 0 Å². The average Bonchev–Trinajstić information content (AvgIpc) is 2.89. The van der Waals surface area contributed by atoms with Gasteiger partial charge in [-0.3, -0.25) is 0 Å². The number of carbonyl (C=O) groups excluding carboxylic acids is 1. The van der Waals surface area contributed by atoms with Gasteiger partial charge in [0.15, 0.2) is 0 Å². The van der Waals surface area contributed by atoms with Gasteiger partial charge in [-0.15, -0.1) is 0 Å². The first-order chi connectivity index (χ1) is 10.0. The van der Waals surface area contributed by atoms with Crippen LogP contribution in [0.3, 0.4) is 0 Å². The minimum Gasteiger partial charge on any atom is -0.478 e. The lowest BCUT2D eigenvalue weighted by molar-refractivity contribution is 0.0696. The number of hydrogen-bond donors (Lipinski definition) is 1. The zero-order chi connectivity index (χ0) is 15.4. The van der Waals surface area contributed by atoms with Crippen LogP contribution in [0.4, 0.5) is 4.79 Å². The van der Waals surface area contributed by atoms with E-state index < -0.39 is 5.97 Å². The maximum atomic E-state index is 12.3. The molecule has 0 unspecified atom stereocenters. The molecule has 0 saturated heterocycles. The number of amides is 2. The van der Waals surface area contributed by atoms with Crippen molar-refractivity contribution in [1.29, 1.82) is 0 Å². The second kappa shape index (κ2) is 6.58. The number of methoxy groups -OCH3 is 1. The number of ether oxygens (including phenoxy) is 1. The molecule has 6 heteroatoms. The van der Waals surface area contributed by atoms with Crippen molar-refractivity contribution in [1.82, 2.24) is 9.80 Å². The molecule has 1 aliphatic heterocycles. The van der Waals surface area contributed by atoms with Gasteiger partial charge < -0.3 is 19.6 Å². The van der Waals surface area contributed by atoms with Crippen molar-refractivity contribution < 1.29 is 19.4 Å². The van der Waals surface area contributed by atoms with Crippen LogP contribution in [0.1, 0.15) is 27.9 Å². The first-order valence-electron chi connectivity index (χ1n) is 6.87. The van der Waals surface area contributed by atoms with Crippen LogP contribution in [0.15, 0.2) is 18.2 Å². The Labute approximate surface area is 123 Å². The van der Waals surface area contributed by atoms with Crippen LogP contribution >= 0.6 is 0 Å². The van der Waals surface area contributed by atoms with Gasteiger partial charge in [0.1, 0.15) is 0 Å². The van der Waals surface area contributed by atoms with E-state index in [0.717, 1.165) is 17.5 Å². The van der Waals surface area contributed by atoms with Crippen molar-refractivity contribution in [2.24, 2.45) is 0 Å². The Morgan fingerprint density at radius 3 is 2.71 bits per heavy atom. The summed E-state index contributed by atoms with van der Waals surface area (Å²) in [7, 11) is 3.41. The van der Waals surface area contributed by atoms with Crippen molar-refractivity contribution in [3.8, 4) is 0 Å². The summed E-state index contributed by atoms with van der Waals surface area (Å²) in [6, 6.07) is 4.98. The van der Waals surface area contributed by atoms with Crippen molar-refractivity contribution in [2.75, 3.05) is 27.3 Å². The first-order valence-corrected chi connectivity index (χ1v) is 6.87. The zero-order valence-electron chi connectivity index (χ0n) is 12.3. The monoisotopic (exact) mass is 292 g/mol. The number of aromatic carboxylic acids is 1. The van der Waals surface area contributed by atoms with E-state index in [-0.39, 0.29) is 11.6 Å². The minimum absolute atomic E-state index is 0.0424. The van der Waals surface area contributed by atoms with Crippen LogP contribution in [0.5, 0.6) is 0 Å². The predicted octanol–water partition coefficient (Wildman–Crippen LogP) is 1.79. The number of carboxylic acids is 1. The molecule has 0 atom stereocenters. The summed E-state index contributed by atoms with van der Waals surface area (Å²) in [6.07, 6.45) is 0.794. The minimum atomic E-state index is -0.945. The van der Waals surface area contributed by atoms with Gasteiger partial charge in [0.25, 0.3) is 0 Å². The van der Waals surface area contributed by atoms with Crippen LogP contribution in [0, 0.1) is 0 Å². The smallest absolute Gasteiger partial charge is 0.335 e. The molecule has 1 aromatic carbocycles. The summed E-state index contributed by atoms with van der Waals surface area (Å²) in [5.74, 6) is -0.945. The zero-order valence-corrected chi connectivity index (χ0v) is 12.3. The van der Waals surface area contributed by atoms with Crippen LogP contribution in [-0.4, -0.2) is 54.2 Å². The highest BCUT2D eigenvalue weighted by Crippen LogP contribution is 2.24. The average molecular weight is 292 g/mol. The molecule has 21 heavy (non-hydrogen) atoms. The number of carbonyl (C=O) groups is 2. The molecule has 0 fully saturated rings. The Morgan fingerprint density at radius 2 is 2.05 bits per heavy atom. The third-order valence-corrected chi connectivity index (χ3v) is 3.61. The largest absolute Gasteiger partial charge is 0.478 e. The Morgan fingerprint density at radius 1 is 1.33 bits per heavy atom. The quantitative estimate of drug-likeness (QED) is 0.840. The van der Waals surface area contributed by atoms with Gasteiger partial charge in [0.2, 0.25) is 0 Å². The van der Waals surface area contributed by atoms with E-state index >= 15 is 0 Å². The predicted molar refractivity (Wildman–Crippen MR) is 77.2 cm³/mol. The van der Waals surface area contributed by atoms with E-state index in [1.54, 1.807) is 42.2 Å². The van der Waals surface area contributed by atoms with Gasteiger partial charge in [-0.05, 0) is 29.7 Å². The van der Waals surface area contributed by atoms with Gasteiger partial charge in [-0.25, -0.2) is 9.59 Å². The van der Waals surface area contributed by atoms with Crippen LogP contribution in [-0.2, 0) is 17.8 Å². The lowest BCUT2D eigenvalue weighted by Gasteiger charge is -2.24. The maximum Gasteiger partial charge on any atom is 0.335 e. The van der Waals surface area contributed by atoms with Crippen molar-refractivity contribution in [3.63, 3.8) is 0 Å². The second-order valence-corrected chi connectivity index (χ2v) is 5.20. The third-order valence-electron chi connectivity index (χ3n) is 3.61. The third kappa shape index (κ3) is 3.52. The number of nitrogens with zero attached hydrogens (tertiary/aromatic N) is 2. The number of benzene rings is 1. The van der Waals surface area contributed by atoms with E-state index in [4.69, 9.17) is 9.84 Å². The molecule has 0 aliphatic carbocycles. The number of carboxylic acid groups (broad SMARTS) is 1. The lowest BCUT2D eigenvalue weighted by atomic mass is 10.1. The summed E-state index contributed by atoms with van der Waals surface area (Å²) in [5, 5.41) is 9.00. The molecule has 6 nitrogen and oxygen atoms in total. The molecule has 0 spiro atoms. The van der Waals surface area contributed by atoms with Crippen LogP contribution in [0.25, 0.3) is 0 Å². The van der Waals surface area contributed by atoms with E-state index in [2.05, 4.69) is 0 Å². The standard InChI is InChI=1S/C15H20N2O4/c1-16(6-3-7-21-2)15(20)17-9-12-5-4-11(14(18)19)8-13(12)10-17/h4-5,8H,3,6-7,9-10H2,1-2H3,(H,18,19). The van der Waals surface area contributed by atoms with E-state index in [9.17, 15) is 9.59 Å². The molecule has 1 aromatic rings. The van der Waals surface area contributed by atoms with Crippen LogP contribution < -0.4 is 0 Å². The Kier molecular flexibility index (Phi) is 4.80. The van der Waals surface area contributed by atoms with Gasteiger partial charge in [0.05, 0.1) is 5.56 Å². The molecule has 1 aliphatic rings. The fourth-order valence-corrected chi connectivity index (χ4v) is 2.45. The van der Waals surface area contributed by atoms with Crippen LogP contribution in [0.2, 0.25) is 0 Å². The summed E-state index contributed by atoms with van der Waals surface area (Å²) in [5.41, 5.74) is 2.18. The lowest BCUT2D eigenvalue weighted by Crippen LogP contribution is -2.38. The van der Waals surface area contributed by atoms with Gasteiger partial charge in [0, 0.05) is 40.4 Å². The molecule has 0 saturated carbocycles. The van der Waals surface area contributed by atoms with Crippen molar-refractivity contribution in [2.45, 2.75) is 19.5 Å². The summed E-state index contributed by atoms with van der Waals surface area (Å²) < 4.78 is 4.98. The maximum absolute atomic E-state index is 12.3. The number of fused-ring (bicyclic) bond motifs is 1. The molecule has 0 radical (unpaired) electrons. The van der Waals surface area contributed by atoms with Crippen molar-refractivity contribution in [3.05, 3.63) is 34.9 Å². The summed E-state index contributed by atoms with van der Waals surface area (Å²) >= 11 is 0. The van der Waals surface area contributed by atoms with Gasteiger partial charge in [-0.1, -0.05) is 6.07 Å². The fraction of sp³-hybridized carbons (Fsp3) is 0.467. The summed E-state index contributed by atoms with van der Waals surface area (Å²) in [6.45, 7) is 2.26. The highest BCUT2D eigenvalue weighted by molar-refractivity contribution is 5.88. The highest BCUT2D eigenvalue weighted by Gasteiger charge is 2.26. The molecular weight excluding hydrogens is 272 g/mol.